The molecular weight excluding hydrogens is 648 g/mol. The number of hydrogen-bond donors (Lipinski definition) is 12. The van der Waals surface area contributed by atoms with Gasteiger partial charge in [-0.2, -0.15) is 12.6 Å². The Hall–Kier alpha value is -4.05. The number of aliphatic hydroxyl groups excluding tert-OH is 3. The van der Waals surface area contributed by atoms with Crippen molar-refractivity contribution in [3.63, 3.8) is 0 Å². The Morgan fingerprint density at radius 1 is 0.809 bits per heavy atom. The van der Waals surface area contributed by atoms with Crippen molar-refractivity contribution in [2.24, 2.45) is 5.73 Å². The van der Waals surface area contributed by atoms with E-state index in [1.165, 1.54) is 11.8 Å². The molecule has 12 N–H and O–H groups in total. The van der Waals surface area contributed by atoms with Crippen LogP contribution in [0.5, 0.6) is 0 Å². The van der Waals surface area contributed by atoms with Crippen LogP contribution in [-0.4, -0.2) is 153 Å². The third kappa shape index (κ3) is 12.9. The number of nitrogens with two attached hydrogens (primary N) is 1. The zero-order valence-electron chi connectivity index (χ0n) is 26.1. The van der Waals surface area contributed by atoms with Crippen LogP contribution in [0.2, 0.25) is 0 Å². The third-order valence-electron chi connectivity index (χ3n) is 6.85. The zero-order chi connectivity index (χ0) is 36.0. The number of hydrogen-bond acceptors (Lipinski definition) is 13. The monoisotopic (exact) mass is 692 g/mol. The van der Waals surface area contributed by atoms with Gasteiger partial charge in [0.2, 0.25) is 41.4 Å². The van der Waals surface area contributed by atoms with Gasteiger partial charge in [-0.15, -0.1) is 0 Å². The molecule has 0 radical (unpaired) electrons. The molecule has 0 aromatic rings. The number of aliphatic carboxylic acids is 1. The highest BCUT2D eigenvalue weighted by atomic mass is 32.1. The van der Waals surface area contributed by atoms with Crippen LogP contribution in [0, 0.1) is 0 Å². The number of nitrogens with one attached hydrogen (secondary N) is 6. The molecule has 8 atom stereocenters. The molecular formula is C26H44N8O12S. The van der Waals surface area contributed by atoms with Gasteiger partial charge in [0.25, 0.3) is 0 Å². The second-order valence-electron chi connectivity index (χ2n) is 10.8. The lowest BCUT2D eigenvalue weighted by molar-refractivity contribution is -0.141. The fourth-order valence-electron chi connectivity index (χ4n) is 4.29. The molecule has 0 bridgehead atoms. The molecule has 0 aromatic heterocycles. The largest absolute Gasteiger partial charge is 0.480 e. The van der Waals surface area contributed by atoms with Crippen LogP contribution in [0.4, 0.5) is 0 Å². The molecule has 0 spiro atoms. The maximum absolute atomic E-state index is 13.0. The summed E-state index contributed by atoms with van der Waals surface area (Å²) in [6, 6.07) is -7.99. The molecule has 1 aliphatic heterocycles. The van der Waals surface area contributed by atoms with Crippen molar-refractivity contribution in [1.82, 2.24) is 36.8 Å². The van der Waals surface area contributed by atoms with E-state index in [4.69, 9.17) is 10.8 Å². The van der Waals surface area contributed by atoms with Gasteiger partial charge in [-0.25, -0.2) is 0 Å². The van der Waals surface area contributed by atoms with Crippen LogP contribution in [0.3, 0.4) is 0 Å². The first-order valence-electron chi connectivity index (χ1n) is 14.6. The Morgan fingerprint density at radius 2 is 1.38 bits per heavy atom. The van der Waals surface area contributed by atoms with Crippen molar-refractivity contribution >= 4 is 59.9 Å². The predicted molar refractivity (Wildman–Crippen MR) is 164 cm³/mol. The first kappa shape index (κ1) is 41.0. The molecule has 21 heteroatoms. The SMILES string of the molecule is CC(N)C(=O)NC(CS)C(=O)N1CCCC1C(=O)NCC(=O)NC(C(=O)NC(CO)C(=O)NC(C(=O)NCC(=O)O)C(C)O)C(C)O. The standard InChI is InChI=1S/C26H44N8O12S/c1-11(27)21(41)31-15(10-47)26(46)34-6-4-5-16(34)23(43)28-7-17(38)32-20(13(3)37)25(45)30-14(9-35)22(42)33-19(12(2)36)24(44)29-8-18(39)40/h11-16,19-20,35-37,47H,4-10,27H2,1-3H3,(H,28,43)(H,29,44)(H,30,45)(H,31,41)(H,32,38)(H,33,42)(H,39,40). The summed E-state index contributed by atoms with van der Waals surface area (Å²) in [6.45, 7) is 1.39. The van der Waals surface area contributed by atoms with Crippen LogP contribution < -0.4 is 37.6 Å². The number of nitrogens with zero attached hydrogens (tertiary/aromatic N) is 1. The van der Waals surface area contributed by atoms with Gasteiger partial charge in [-0.3, -0.25) is 38.4 Å². The lowest BCUT2D eigenvalue weighted by atomic mass is 10.1. The topological polar surface area (TPSA) is 319 Å². The minimum Gasteiger partial charge on any atom is -0.480 e. The molecule has 0 aliphatic carbocycles. The summed E-state index contributed by atoms with van der Waals surface area (Å²) in [5.74, 6) is -7.60. The molecule has 1 saturated heterocycles. The van der Waals surface area contributed by atoms with Gasteiger partial charge in [-0.1, -0.05) is 0 Å². The minimum atomic E-state index is -1.74. The highest BCUT2D eigenvalue weighted by Crippen LogP contribution is 2.19. The van der Waals surface area contributed by atoms with Gasteiger partial charge >= 0.3 is 5.97 Å². The Bertz CT molecular complexity index is 1170. The van der Waals surface area contributed by atoms with E-state index in [2.05, 4.69) is 39.2 Å². The van der Waals surface area contributed by atoms with Crippen LogP contribution in [-0.2, 0) is 38.4 Å². The van der Waals surface area contributed by atoms with E-state index in [1.807, 2.05) is 5.32 Å². The van der Waals surface area contributed by atoms with Crippen LogP contribution in [0.1, 0.15) is 33.6 Å². The van der Waals surface area contributed by atoms with Crippen LogP contribution >= 0.6 is 12.6 Å². The average molecular weight is 693 g/mol. The number of likely N-dealkylation sites (tertiary alicyclic amines) is 1. The first-order chi connectivity index (χ1) is 21.9. The lowest BCUT2D eigenvalue weighted by Gasteiger charge is -2.28. The number of carboxylic acid groups (broad SMARTS) is 1. The summed E-state index contributed by atoms with van der Waals surface area (Å²) >= 11 is 4.10. The molecule has 1 rings (SSSR count). The Balaban J connectivity index is 2.82. The number of carboxylic acids is 1. The van der Waals surface area contributed by atoms with E-state index in [0.29, 0.717) is 6.42 Å². The van der Waals surface area contributed by atoms with Crippen molar-refractivity contribution < 1.29 is 58.8 Å². The van der Waals surface area contributed by atoms with E-state index < -0.39 is 115 Å². The lowest BCUT2D eigenvalue weighted by Crippen LogP contribution is -2.61. The fraction of sp³-hybridized carbons (Fsp3) is 0.692. The number of aliphatic hydroxyl groups is 3. The number of amides is 7. The Morgan fingerprint density at radius 3 is 1.89 bits per heavy atom. The normalized spacial score (nSPS) is 18.6. The molecule has 266 valence electrons. The second-order valence-corrected chi connectivity index (χ2v) is 11.2. The molecule has 0 saturated carbocycles. The van der Waals surface area contributed by atoms with E-state index in [-0.39, 0.29) is 18.7 Å². The van der Waals surface area contributed by atoms with E-state index in [0.717, 1.165) is 13.8 Å². The van der Waals surface area contributed by atoms with Gasteiger partial charge < -0.3 is 63.0 Å². The first-order valence-corrected chi connectivity index (χ1v) is 15.2. The quantitative estimate of drug-likeness (QED) is 0.0595. The van der Waals surface area contributed by atoms with Crippen molar-refractivity contribution in [3.8, 4) is 0 Å². The zero-order valence-corrected chi connectivity index (χ0v) is 27.0. The van der Waals surface area contributed by atoms with E-state index >= 15 is 0 Å². The fourth-order valence-corrected chi connectivity index (χ4v) is 4.54. The third-order valence-corrected chi connectivity index (χ3v) is 7.21. The summed E-state index contributed by atoms with van der Waals surface area (Å²) in [7, 11) is 0. The molecule has 47 heavy (non-hydrogen) atoms. The highest BCUT2D eigenvalue weighted by Gasteiger charge is 2.38. The summed E-state index contributed by atoms with van der Waals surface area (Å²) in [5.41, 5.74) is 5.54. The summed E-state index contributed by atoms with van der Waals surface area (Å²) in [5, 5.41) is 51.5. The van der Waals surface area contributed by atoms with E-state index in [9.17, 15) is 53.7 Å². The van der Waals surface area contributed by atoms with Gasteiger partial charge in [-0.05, 0) is 33.6 Å². The molecule has 20 nitrogen and oxygen atoms in total. The Labute approximate surface area is 275 Å². The summed E-state index contributed by atoms with van der Waals surface area (Å²) < 4.78 is 0. The van der Waals surface area contributed by atoms with E-state index in [1.54, 1.807) is 0 Å². The molecule has 1 fully saturated rings. The van der Waals surface area contributed by atoms with Gasteiger partial charge in [0, 0.05) is 12.3 Å². The smallest absolute Gasteiger partial charge is 0.322 e. The number of thiol groups is 1. The number of carbonyl (C=O) groups excluding carboxylic acids is 7. The van der Waals surface area contributed by atoms with Crippen molar-refractivity contribution in [3.05, 3.63) is 0 Å². The Kier molecular flexibility index (Phi) is 17.1. The summed E-state index contributed by atoms with van der Waals surface area (Å²) in [4.78, 5) is 100. The van der Waals surface area contributed by atoms with Gasteiger partial charge in [0.15, 0.2) is 0 Å². The molecule has 7 amide bonds. The number of carbonyl (C=O) groups is 8. The number of rotatable bonds is 18. The average Bonchev–Trinajstić information content (AvgIpc) is 3.50. The second kappa shape index (κ2) is 19.6. The van der Waals surface area contributed by atoms with Gasteiger partial charge in [0.05, 0.1) is 31.4 Å². The molecule has 0 aromatic carbocycles. The van der Waals surface area contributed by atoms with Gasteiger partial charge in [0.1, 0.15) is 36.8 Å². The minimum absolute atomic E-state index is 0.0601. The molecule has 1 heterocycles. The predicted octanol–water partition coefficient (Wildman–Crippen LogP) is -6.74. The highest BCUT2D eigenvalue weighted by molar-refractivity contribution is 7.80. The molecule has 8 unspecified atom stereocenters. The molecule has 1 aliphatic rings. The maximum Gasteiger partial charge on any atom is 0.322 e. The van der Waals surface area contributed by atoms with Crippen molar-refractivity contribution in [1.29, 1.82) is 0 Å². The maximum atomic E-state index is 13.0. The van der Waals surface area contributed by atoms with Crippen molar-refractivity contribution in [2.75, 3.05) is 32.0 Å². The van der Waals surface area contributed by atoms with Crippen molar-refractivity contribution in [2.45, 2.75) is 82.1 Å². The summed E-state index contributed by atoms with van der Waals surface area (Å²) in [6.07, 6.45) is -2.33. The van der Waals surface area contributed by atoms with Crippen LogP contribution in [0.25, 0.3) is 0 Å². The van der Waals surface area contributed by atoms with Crippen LogP contribution in [0.15, 0.2) is 0 Å².